The molecule has 0 bridgehead atoms. The lowest BCUT2D eigenvalue weighted by molar-refractivity contribution is 0.116. The number of nitrogen functional groups attached to an aromatic ring is 1. The Morgan fingerprint density at radius 1 is 1.45 bits per heavy atom. The second-order valence-corrected chi connectivity index (χ2v) is 4.75. The van der Waals surface area contributed by atoms with E-state index in [-0.39, 0.29) is 12.1 Å². The molecule has 2 rings (SSSR count). The number of nitrogens with one attached hydrogen (secondary N) is 1. The van der Waals surface area contributed by atoms with Crippen LogP contribution in [0, 0.1) is 0 Å². The fourth-order valence-corrected chi connectivity index (χ4v) is 2.01. The maximum Gasteiger partial charge on any atom is 0.323 e. The molecule has 1 aromatic rings. The Morgan fingerprint density at radius 2 is 2.30 bits per heavy atom. The lowest BCUT2D eigenvalue weighted by Gasteiger charge is -2.21. The van der Waals surface area contributed by atoms with Crippen molar-refractivity contribution in [2.45, 2.75) is 32.3 Å². The highest BCUT2D eigenvalue weighted by molar-refractivity contribution is 5.37. The largest absolute Gasteiger partial charge is 0.463 e. The molecule has 1 fully saturated rings. The van der Waals surface area contributed by atoms with Gasteiger partial charge in [0, 0.05) is 20.2 Å². The average molecular weight is 282 g/mol. The number of nitrogens with two attached hydrogens (primary N) is 1. The van der Waals surface area contributed by atoms with E-state index in [1.54, 1.807) is 0 Å². The van der Waals surface area contributed by atoms with Crippen molar-refractivity contribution in [1.82, 2.24) is 15.0 Å². The highest BCUT2D eigenvalue weighted by atomic mass is 16.5. The number of ether oxygens (including phenoxy) is 2. The number of hydrogen-bond donors (Lipinski definition) is 2. The van der Waals surface area contributed by atoms with Gasteiger partial charge in [-0.25, -0.2) is 5.84 Å². The number of likely N-dealkylation sites (N-methyl/N-ethyl adjacent to an activating group) is 1. The molecule has 8 nitrogen and oxygen atoms in total. The highest BCUT2D eigenvalue weighted by Crippen LogP contribution is 2.17. The van der Waals surface area contributed by atoms with E-state index >= 15 is 0 Å². The predicted octanol–water partition coefficient (Wildman–Crippen LogP) is 0.561. The van der Waals surface area contributed by atoms with Gasteiger partial charge in [0.05, 0.1) is 12.7 Å². The highest BCUT2D eigenvalue weighted by Gasteiger charge is 2.19. The molecule has 0 radical (unpaired) electrons. The maximum atomic E-state index is 5.61. The Hall–Kier alpha value is -1.67. The van der Waals surface area contributed by atoms with Crippen molar-refractivity contribution >= 4 is 11.9 Å². The third-order valence-electron chi connectivity index (χ3n) is 3.01. The van der Waals surface area contributed by atoms with Crippen LogP contribution in [0.15, 0.2) is 0 Å². The predicted molar refractivity (Wildman–Crippen MR) is 75.7 cm³/mol. The first-order valence-corrected chi connectivity index (χ1v) is 6.91. The Balaban J connectivity index is 2.07. The van der Waals surface area contributed by atoms with E-state index in [1.807, 2.05) is 18.9 Å². The topological polar surface area (TPSA) is 98.4 Å². The standard InChI is InChI=1S/C12H22N6O2/c1-3-6-20-12-15-10(17-13)14-11(16-12)18(2)8-9-5-4-7-19-9/h9H,3-8,13H2,1-2H3,(H,14,15,16,17). The fourth-order valence-electron chi connectivity index (χ4n) is 2.01. The summed E-state index contributed by atoms with van der Waals surface area (Å²) in [5.74, 6) is 6.19. The minimum absolute atomic E-state index is 0.228. The molecular weight excluding hydrogens is 260 g/mol. The monoisotopic (exact) mass is 282 g/mol. The summed E-state index contributed by atoms with van der Waals surface area (Å²) in [6.45, 7) is 4.15. The zero-order chi connectivity index (χ0) is 14.4. The Bertz CT molecular complexity index is 424. The number of nitrogens with zero attached hydrogens (tertiary/aromatic N) is 4. The average Bonchev–Trinajstić information content (AvgIpc) is 2.97. The molecule has 20 heavy (non-hydrogen) atoms. The first-order valence-electron chi connectivity index (χ1n) is 6.91. The van der Waals surface area contributed by atoms with Crippen LogP contribution in [0.25, 0.3) is 0 Å². The molecule has 1 atom stereocenters. The second kappa shape index (κ2) is 7.20. The molecule has 0 amide bonds. The summed E-state index contributed by atoms with van der Waals surface area (Å²) in [7, 11) is 1.92. The van der Waals surface area contributed by atoms with E-state index in [9.17, 15) is 0 Å². The molecule has 1 unspecified atom stereocenters. The zero-order valence-electron chi connectivity index (χ0n) is 12.0. The van der Waals surface area contributed by atoms with Crippen molar-refractivity contribution < 1.29 is 9.47 Å². The molecule has 112 valence electrons. The van der Waals surface area contributed by atoms with Crippen molar-refractivity contribution in [3.63, 3.8) is 0 Å². The van der Waals surface area contributed by atoms with Gasteiger partial charge in [0.1, 0.15) is 0 Å². The van der Waals surface area contributed by atoms with E-state index in [2.05, 4.69) is 20.4 Å². The third-order valence-corrected chi connectivity index (χ3v) is 3.01. The van der Waals surface area contributed by atoms with Gasteiger partial charge in [0.25, 0.3) is 0 Å². The molecule has 8 heteroatoms. The molecule has 1 aromatic heterocycles. The zero-order valence-corrected chi connectivity index (χ0v) is 12.0. The number of anilines is 2. The van der Waals surface area contributed by atoms with Crippen molar-refractivity contribution in [2.75, 3.05) is 37.1 Å². The molecule has 1 saturated heterocycles. The van der Waals surface area contributed by atoms with Gasteiger partial charge in [-0.05, 0) is 19.3 Å². The normalized spacial score (nSPS) is 18.1. The number of aromatic nitrogens is 3. The first kappa shape index (κ1) is 14.7. The lowest BCUT2D eigenvalue weighted by atomic mass is 10.2. The van der Waals surface area contributed by atoms with E-state index < -0.39 is 0 Å². The summed E-state index contributed by atoms with van der Waals surface area (Å²) in [5, 5.41) is 0. The van der Waals surface area contributed by atoms with Gasteiger partial charge in [-0.1, -0.05) is 6.92 Å². The van der Waals surface area contributed by atoms with Crippen LogP contribution >= 0.6 is 0 Å². The minimum Gasteiger partial charge on any atom is -0.463 e. The molecule has 3 N–H and O–H groups in total. The second-order valence-electron chi connectivity index (χ2n) is 4.75. The Labute approximate surface area is 118 Å². The van der Waals surface area contributed by atoms with E-state index in [0.29, 0.717) is 18.5 Å². The van der Waals surface area contributed by atoms with Crippen molar-refractivity contribution in [1.29, 1.82) is 0 Å². The molecule has 1 aliphatic rings. The van der Waals surface area contributed by atoms with Crippen LogP contribution in [-0.4, -0.2) is 47.9 Å². The van der Waals surface area contributed by atoms with Crippen LogP contribution in [-0.2, 0) is 4.74 Å². The van der Waals surface area contributed by atoms with E-state index in [0.717, 1.165) is 32.4 Å². The van der Waals surface area contributed by atoms with Gasteiger partial charge in [-0.2, -0.15) is 15.0 Å². The van der Waals surface area contributed by atoms with Crippen molar-refractivity contribution in [3.05, 3.63) is 0 Å². The Kier molecular flexibility index (Phi) is 5.31. The van der Waals surface area contributed by atoms with Crippen LogP contribution in [0.2, 0.25) is 0 Å². The van der Waals surface area contributed by atoms with Gasteiger partial charge >= 0.3 is 6.01 Å². The van der Waals surface area contributed by atoms with Crippen LogP contribution < -0.4 is 20.9 Å². The molecule has 0 spiro atoms. The number of rotatable bonds is 7. The maximum absolute atomic E-state index is 5.61. The first-order chi connectivity index (χ1) is 9.72. The number of hydrazine groups is 1. The minimum atomic E-state index is 0.228. The van der Waals surface area contributed by atoms with Crippen LogP contribution in [0.5, 0.6) is 6.01 Å². The van der Waals surface area contributed by atoms with Gasteiger partial charge in [-0.3, -0.25) is 5.43 Å². The third kappa shape index (κ3) is 3.91. The molecule has 0 aliphatic carbocycles. The van der Waals surface area contributed by atoms with Crippen molar-refractivity contribution in [3.8, 4) is 6.01 Å². The Morgan fingerprint density at radius 3 is 2.95 bits per heavy atom. The van der Waals surface area contributed by atoms with Gasteiger partial charge in [0.2, 0.25) is 11.9 Å². The van der Waals surface area contributed by atoms with E-state index in [1.165, 1.54) is 0 Å². The summed E-state index contributed by atoms with van der Waals surface area (Å²) < 4.78 is 11.1. The summed E-state index contributed by atoms with van der Waals surface area (Å²) in [5.41, 5.74) is 2.43. The number of hydrogen-bond acceptors (Lipinski definition) is 8. The van der Waals surface area contributed by atoms with Crippen LogP contribution in [0.4, 0.5) is 11.9 Å². The van der Waals surface area contributed by atoms with Crippen molar-refractivity contribution in [2.24, 2.45) is 5.84 Å². The van der Waals surface area contributed by atoms with Gasteiger partial charge in [0.15, 0.2) is 0 Å². The smallest absolute Gasteiger partial charge is 0.323 e. The molecule has 0 aromatic carbocycles. The van der Waals surface area contributed by atoms with Crippen LogP contribution in [0.1, 0.15) is 26.2 Å². The lowest BCUT2D eigenvalue weighted by Crippen LogP contribution is -2.30. The summed E-state index contributed by atoms with van der Waals surface area (Å²) in [4.78, 5) is 14.5. The molecule has 2 heterocycles. The summed E-state index contributed by atoms with van der Waals surface area (Å²) >= 11 is 0. The molecule has 0 saturated carbocycles. The van der Waals surface area contributed by atoms with Gasteiger partial charge in [-0.15, -0.1) is 0 Å². The summed E-state index contributed by atoms with van der Waals surface area (Å²) in [6, 6.07) is 0.281. The molecular formula is C12H22N6O2. The van der Waals surface area contributed by atoms with Gasteiger partial charge < -0.3 is 14.4 Å². The fraction of sp³-hybridized carbons (Fsp3) is 0.750. The van der Waals surface area contributed by atoms with Crippen LogP contribution in [0.3, 0.4) is 0 Å². The molecule has 1 aliphatic heterocycles. The summed E-state index contributed by atoms with van der Waals surface area (Å²) in [6.07, 6.45) is 3.29. The van der Waals surface area contributed by atoms with E-state index in [4.69, 9.17) is 15.3 Å². The quantitative estimate of drug-likeness (QED) is 0.553. The SMILES string of the molecule is CCCOc1nc(NN)nc(N(C)CC2CCCO2)n1.